The van der Waals surface area contributed by atoms with Crippen LogP contribution in [0.4, 0.5) is 0 Å². The van der Waals surface area contributed by atoms with Crippen LogP contribution in [0.15, 0.2) is 22.8 Å². The third-order valence-electron chi connectivity index (χ3n) is 9.24. The molecule has 5 nitrogen and oxygen atoms in total. The van der Waals surface area contributed by atoms with Gasteiger partial charge < -0.3 is 9.64 Å². The van der Waals surface area contributed by atoms with Gasteiger partial charge in [0.1, 0.15) is 0 Å². The standard InChI is InChI=1S/C30H42N2O3S/c1-18-13-19(2)25(26(33)14-18)17-31-12-6-7-27-28(30(31)34)21(4)29(36-27)20(3)22-8-10-23(11-9-22)32-15-24(16-32)35-5/h13,20,22-24H,6-12,14-17H2,1-5H3/t20-,22?,23?/m1/s1. The van der Waals surface area contributed by atoms with Gasteiger partial charge in [-0.15, -0.1) is 11.3 Å². The largest absolute Gasteiger partial charge is 0.379 e. The van der Waals surface area contributed by atoms with Crippen molar-refractivity contribution in [3.8, 4) is 0 Å². The van der Waals surface area contributed by atoms with Crippen LogP contribution in [0, 0.1) is 12.8 Å². The second kappa shape index (κ2) is 10.5. The zero-order chi connectivity index (χ0) is 25.6. The van der Waals surface area contributed by atoms with E-state index in [1.807, 2.05) is 37.2 Å². The van der Waals surface area contributed by atoms with E-state index in [1.165, 1.54) is 41.0 Å². The molecule has 1 saturated carbocycles. The first-order chi connectivity index (χ1) is 17.3. The van der Waals surface area contributed by atoms with Gasteiger partial charge >= 0.3 is 0 Å². The Hall–Kier alpha value is -1.76. The highest BCUT2D eigenvalue weighted by Crippen LogP contribution is 2.44. The molecule has 5 rings (SSSR count). The first kappa shape index (κ1) is 25.9. The summed E-state index contributed by atoms with van der Waals surface area (Å²) in [6.45, 7) is 11.9. The lowest BCUT2D eigenvalue weighted by molar-refractivity contribution is -0.115. The minimum Gasteiger partial charge on any atom is -0.379 e. The lowest BCUT2D eigenvalue weighted by atomic mass is 9.76. The molecular weight excluding hydrogens is 468 g/mol. The Labute approximate surface area is 220 Å². The molecular formula is C30H42N2O3S. The highest BCUT2D eigenvalue weighted by atomic mass is 32.1. The van der Waals surface area contributed by atoms with Crippen LogP contribution in [0.1, 0.15) is 90.9 Å². The Balaban J connectivity index is 1.28. The third-order valence-corrected chi connectivity index (χ3v) is 10.8. The van der Waals surface area contributed by atoms with Crippen LogP contribution in [-0.2, 0) is 16.0 Å². The van der Waals surface area contributed by atoms with Crippen LogP contribution in [0.25, 0.3) is 0 Å². The van der Waals surface area contributed by atoms with Gasteiger partial charge in [0, 0.05) is 61.1 Å². The molecule has 4 aliphatic rings. The van der Waals surface area contributed by atoms with E-state index in [1.54, 1.807) is 0 Å². The number of likely N-dealkylation sites (tertiary alicyclic amines) is 1. The number of fused-ring (bicyclic) bond motifs is 1. The van der Waals surface area contributed by atoms with Gasteiger partial charge in [-0.25, -0.2) is 0 Å². The van der Waals surface area contributed by atoms with Crippen molar-refractivity contribution in [2.45, 2.75) is 90.7 Å². The molecule has 1 saturated heterocycles. The number of rotatable bonds is 6. The number of allylic oxidation sites excluding steroid dienone is 3. The van der Waals surface area contributed by atoms with E-state index >= 15 is 0 Å². The molecule has 6 heteroatoms. The molecule has 0 N–H and O–H groups in total. The van der Waals surface area contributed by atoms with E-state index in [2.05, 4.69) is 24.8 Å². The summed E-state index contributed by atoms with van der Waals surface area (Å²) in [7, 11) is 1.82. The molecule has 0 radical (unpaired) electrons. The monoisotopic (exact) mass is 510 g/mol. The molecule has 0 bridgehead atoms. The van der Waals surface area contributed by atoms with Crippen LogP contribution >= 0.6 is 11.3 Å². The molecule has 0 unspecified atom stereocenters. The van der Waals surface area contributed by atoms with Crippen molar-refractivity contribution in [3.05, 3.63) is 43.7 Å². The van der Waals surface area contributed by atoms with E-state index in [0.29, 0.717) is 30.9 Å². The molecule has 0 aromatic carbocycles. The highest BCUT2D eigenvalue weighted by molar-refractivity contribution is 7.12. The summed E-state index contributed by atoms with van der Waals surface area (Å²) < 4.78 is 5.47. The minimum atomic E-state index is 0.128. The quantitative estimate of drug-likeness (QED) is 0.495. The number of ketones is 1. The molecule has 0 spiro atoms. The molecule has 3 heterocycles. The molecule has 36 heavy (non-hydrogen) atoms. The topological polar surface area (TPSA) is 49.9 Å². The maximum atomic E-state index is 13.8. The number of carbonyl (C=O) groups excluding carboxylic acids is 2. The smallest absolute Gasteiger partial charge is 0.255 e. The van der Waals surface area contributed by atoms with Crippen molar-refractivity contribution in [3.63, 3.8) is 0 Å². The number of methoxy groups -OCH3 is 1. The third kappa shape index (κ3) is 4.89. The Kier molecular flexibility index (Phi) is 7.58. The van der Waals surface area contributed by atoms with Gasteiger partial charge in [-0.3, -0.25) is 14.5 Å². The van der Waals surface area contributed by atoms with E-state index < -0.39 is 0 Å². The lowest BCUT2D eigenvalue weighted by Gasteiger charge is -2.46. The van der Waals surface area contributed by atoms with Crippen LogP contribution < -0.4 is 0 Å². The fourth-order valence-corrected chi connectivity index (χ4v) is 8.40. The Bertz CT molecular complexity index is 1090. The van der Waals surface area contributed by atoms with Crippen molar-refractivity contribution in [1.29, 1.82) is 0 Å². The van der Waals surface area contributed by atoms with Crippen molar-refractivity contribution in [2.24, 2.45) is 5.92 Å². The second-order valence-corrected chi connectivity index (χ2v) is 12.8. The zero-order valence-corrected chi connectivity index (χ0v) is 23.5. The number of amides is 1. The first-order valence-electron chi connectivity index (χ1n) is 13.8. The van der Waals surface area contributed by atoms with Crippen molar-refractivity contribution in [1.82, 2.24) is 9.80 Å². The predicted octanol–water partition coefficient (Wildman–Crippen LogP) is 5.67. The fraction of sp³-hybridized carbons (Fsp3) is 0.667. The highest BCUT2D eigenvalue weighted by Gasteiger charge is 2.37. The van der Waals surface area contributed by atoms with Crippen LogP contribution in [0.2, 0.25) is 0 Å². The lowest BCUT2D eigenvalue weighted by Crippen LogP contribution is -2.56. The van der Waals surface area contributed by atoms with Gasteiger partial charge in [0.2, 0.25) is 0 Å². The molecule has 1 aromatic rings. The summed E-state index contributed by atoms with van der Waals surface area (Å²) in [5.41, 5.74) is 5.07. The van der Waals surface area contributed by atoms with E-state index in [4.69, 9.17) is 4.74 Å². The Morgan fingerprint density at radius 3 is 2.50 bits per heavy atom. The number of carbonyl (C=O) groups is 2. The summed E-state index contributed by atoms with van der Waals surface area (Å²) in [6.07, 6.45) is 10.0. The summed E-state index contributed by atoms with van der Waals surface area (Å²) in [5, 5.41) is 0. The molecule has 1 atom stereocenters. The molecule has 2 aliphatic heterocycles. The Morgan fingerprint density at radius 1 is 1.11 bits per heavy atom. The van der Waals surface area contributed by atoms with E-state index in [0.717, 1.165) is 60.8 Å². The maximum Gasteiger partial charge on any atom is 0.255 e. The van der Waals surface area contributed by atoms with Gasteiger partial charge in [0.15, 0.2) is 5.78 Å². The molecule has 2 aliphatic carbocycles. The number of thiophene rings is 1. The van der Waals surface area contributed by atoms with Gasteiger partial charge in [-0.1, -0.05) is 18.6 Å². The van der Waals surface area contributed by atoms with Crippen LogP contribution in [0.5, 0.6) is 0 Å². The Morgan fingerprint density at radius 2 is 1.83 bits per heavy atom. The number of hydrogen-bond acceptors (Lipinski definition) is 5. The van der Waals surface area contributed by atoms with Crippen molar-refractivity contribution < 1.29 is 14.3 Å². The number of aryl methyl sites for hydroxylation is 1. The molecule has 2 fully saturated rings. The number of nitrogens with zero attached hydrogens (tertiary/aromatic N) is 2. The number of hydrogen-bond donors (Lipinski definition) is 0. The van der Waals surface area contributed by atoms with Crippen LogP contribution in [-0.4, -0.2) is 66.9 Å². The summed E-state index contributed by atoms with van der Waals surface area (Å²) in [6, 6.07) is 0.718. The van der Waals surface area contributed by atoms with E-state index in [-0.39, 0.29) is 11.7 Å². The summed E-state index contributed by atoms with van der Waals surface area (Å²) in [5.74, 6) is 1.48. The fourth-order valence-electron chi connectivity index (χ4n) is 6.91. The van der Waals surface area contributed by atoms with Crippen molar-refractivity contribution in [2.75, 3.05) is 33.3 Å². The number of ether oxygens (including phenoxy) is 1. The average Bonchev–Trinajstić information content (AvgIpc) is 3.06. The average molecular weight is 511 g/mol. The van der Waals surface area contributed by atoms with Gasteiger partial charge in [0.05, 0.1) is 11.7 Å². The van der Waals surface area contributed by atoms with E-state index in [9.17, 15) is 9.59 Å². The second-order valence-electron chi connectivity index (χ2n) is 11.6. The zero-order valence-electron chi connectivity index (χ0n) is 22.7. The molecule has 1 aromatic heterocycles. The number of Topliss-reactive ketones (excluding diaryl/α,β-unsaturated/α-hetero) is 1. The first-order valence-corrected chi connectivity index (χ1v) is 14.7. The van der Waals surface area contributed by atoms with Gasteiger partial charge in [-0.2, -0.15) is 0 Å². The van der Waals surface area contributed by atoms with Crippen LogP contribution in [0.3, 0.4) is 0 Å². The maximum absolute atomic E-state index is 13.8. The van der Waals surface area contributed by atoms with Crippen molar-refractivity contribution >= 4 is 23.0 Å². The SMILES string of the molecule is COC1CN(C2CCC([C@@H](C)c3sc4c(c3C)C(=O)N(CC3=C(C)C=C(C)CC3=O)CCC4)CC2)C1. The van der Waals surface area contributed by atoms with Gasteiger partial charge in [-0.05, 0) is 82.3 Å². The minimum absolute atomic E-state index is 0.128. The summed E-state index contributed by atoms with van der Waals surface area (Å²) in [4.78, 5) is 33.8. The summed E-state index contributed by atoms with van der Waals surface area (Å²) >= 11 is 1.89. The normalized spacial score (nSPS) is 27.0. The molecule has 1 amide bonds. The predicted molar refractivity (Wildman–Crippen MR) is 146 cm³/mol. The van der Waals surface area contributed by atoms with Gasteiger partial charge in [0.25, 0.3) is 5.91 Å². The molecule has 196 valence electrons.